The van der Waals surface area contributed by atoms with E-state index in [2.05, 4.69) is 65.4 Å². The first-order valence-corrected chi connectivity index (χ1v) is 7.84. The van der Waals surface area contributed by atoms with Crippen molar-refractivity contribution in [2.24, 2.45) is 0 Å². The maximum absolute atomic E-state index is 4.81. The summed E-state index contributed by atoms with van der Waals surface area (Å²) in [6, 6.07) is 23.2. The summed E-state index contributed by atoms with van der Waals surface area (Å²) in [4.78, 5) is 4.81. The van der Waals surface area contributed by atoms with Crippen molar-refractivity contribution in [2.45, 2.75) is 0 Å². The molecule has 0 aliphatic carbocycles. The van der Waals surface area contributed by atoms with Crippen LogP contribution in [0.3, 0.4) is 0 Å². The molecule has 0 aliphatic heterocycles. The Morgan fingerprint density at radius 1 is 0.762 bits per heavy atom. The van der Waals surface area contributed by atoms with Gasteiger partial charge in [-0.05, 0) is 34.7 Å². The van der Waals surface area contributed by atoms with Crippen molar-refractivity contribution in [1.29, 1.82) is 0 Å². The second kappa shape index (κ2) is 5.15. The molecule has 0 bridgehead atoms. The van der Waals surface area contributed by atoms with E-state index in [1.807, 2.05) is 12.1 Å². The minimum absolute atomic E-state index is 1.04. The van der Waals surface area contributed by atoms with Crippen LogP contribution in [0.25, 0.3) is 33.3 Å². The van der Waals surface area contributed by atoms with E-state index in [4.69, 9.17) is 4.98 Å². The van der Waals surface area contributed by atoms with Gasteiger partial charge in [0.1, 0.15) is 0 Å². The number of fused-ring (bicyclic) bond motifs is 1. The highest BCUT2D eigenvalue weighted by atomic mass is 32.1. The van der Waals surface area contributed by atoms with Crippen molar-refractivity contribution in [3.63, 3.8) is 0 Å². The average molecular weight is 287 g/mol. The average Bonchev–Trinajstić information content (AvgIpc) is 3.09. The first-order chi connectivity index (χ1) is 10.4. The molecule has 2 aromatic heterocycles. The zero-order valence-corrected chi connectivity index (χ0v) is 12.2. The van der Waals surface area contributed by atoms with Crippen LogP contribution in [-0.2, 0) is 0 Å². The Kier molecular flexibility index (Phi) is 3.02. The largest absolute Gasteiger partial charge is 0.248 e. The molecule has 1 nitrogen and oxygen atoms in total. The molecule has 4 aromatic rings. The molecule has 0 atom stereocenters. The van der Waals surface area contributed by atoms with Crippen LogP contribution in [0.4, 0.5) is 0 Å². The molecule has 0 saturated heterocycles. The normalized spacial score (nSPS) is 10.9. The number of para-hydroxylation sites is 1. The van der Waals surface area contributed by atoms with Crippen molar-refractivity contribution >= 4 is 22.2 Å². The van der Waals surface area contributed by atoms with Crippen LogP contribution in [0, 0.1) is 0 Å². The van der Waals surface area contributed by atoms with Gasteiger partial charge in [0.15, 0.2) is 0 Å². The van der Waals surface area contributed by atoms with Crippen LogP contribution in [0.2, 0.25) is 0 Å². The van der Waals surface area contributed by atoms with E-state index in [1.165, 1.54) is 22.1 Å². The highest BCUT2D eigenvalue weighted by Gasteiger charge is 2.09. The molecule has 0 N–H and O–H groups in total. The van der Waals surface area contributed by atoms with Crippen molar-refractivity contribution < 1.29 is 0 Å². The molecule has 2 heteroatoms. The van der Waals surface area contributed by atoms with E-state index in [-0.39, 0.29) is 0 Å². The summed E-state index contributed by atoms with van der Waals surface area (Å²) in [6.07, 6.45) is 0. The van der Waals surface area contributed by atoms with Gasteiger partial charge in [0.05, 0.1) is 11.2 Å². The molecule has 0 radical (unpaired) electrons. The van der Waals surface area contributed by atoms with Crippen molar-refractivity contribution in [3.05, 3.63) is 77.5 Å². The Morgan fingerprint density at radius 3 is 2.38 bits per heavy atom. The lowest BCUT2D eigenvalue weighted by Gasteiger charge is -2.09. The Hall–Kier alpha value is -2.45. The lowest BCUT2D eigenvalue weighted by Crippen LogP contribution is -1.88. The Labute approximate surface area is 127 Å². The number of aromatic nitrogens is 1. The minimum atomic E-state index is 1.04. The third-order valence-electron chi connectivity index (χ3n) is 3.62. The molecule has 100 valence electrons. The fraction of sp³-hybridized carbons (Fsp3) is 0. The second-order valence-electron chi connectivity index (χ2n) is 4.95. The molecule has 0 unspecified atom stereocenters. The summed E-state index contributed by atoms with van der Waals surface area (Å²) in [7, 11) is 0. The van der Waals surface area contributed by atoms with E-state index in [1.54, 1.807) is 11.3 Å². The van der Waals surface area contributed by atoms with Crippen molar-refractivity contribution in [1.82, 2.24) is 4.98 Å². The lowest BCUT2D eigenvalue weighted by molar-refractivity contribution is 1.41. The van der Waals surface area contributed by atoms with E-state index in [0.717, 1.165) is 11.2 Å². The van der Waals surface area contributed by atoms with Gasteiger partial charge in [0.25, 0.3) is 0 Å². The monoisotopic (exact) mass is 287 g/mol. The number of rotatable bonds is 2. The predicted octanol–water partition coefficient (Wildman–Crippen LogP) is 5.63. The van der Waals surface area contributed by atoms with Gasteiger partial charge in [0, 0.05) is 16.3 Å². The number of thiophene rings is 1. The zero-order chi connectivity index (χ0) is 14.1. The summed E-state index contributed by atoms with van der Waals surface area (Å²) >= 11 is 1.70. The van der Waals surface area contributed by atoms with E-state index in [9.17, 15) is 0 Å². The van der Waals surface area contributed by atoms with Gasteiger partial charge in [-0.3, -0.25) is 0 Å². The number of hydrogen-bond acceptors (Lipinski definition) is 2. The van der Waals surface area contributed by atoms with Gasteiger partial charge in [-0.25, -0.2) is 4.98 Å². The van der Waals surface area contributed by atoms with Crippen LogP contribution < -0.4 is 0 Å². The summed E-state index contributed by atoms with van der Waals surface area (Å²) in [5.74, 6) is 0. The zero-order valence-electron chi connectivity index (χ0n) is 11.4. The number of benzene rings is 2. The lowest BCUT2D eigenvalue weighted by atomic mass is 9.99. The minimum Gasteiger partial charge on any atom is -0.248 e. The summed E-state index contributed by atoms with van der Waals surface area (Å²) in [5, 5.41) is 5.43. The molecule has 2 aromatic carbocycles. The fourth-order valence-corrected chi connectivity index (χ4v) is 3.24. The van der Waals surface area contributed by atoms with Crippen LogP contribution in [0.15, 0.2) is 77.5 Å². The molecule has 4 rings (SSSR count). The second-order valence-corrected chi connectivity index (χ2v) is 5.73. The molecule has 0 amide bonds. The summed E-state index contributed by atoms with van der Waals surface area (Å²) in [5.41, 5.74) is 5.73. The SMILES string of the molecule is c1ccc(-c2cc(-c3ccsc3)nc3ccccc23)cc1. The van der Waals surface area contributed by atoms with Gasteiger partial charge in [0.2, 0.25) is 0 Å². The highest BCUT2D eigenvalue weighted by Crippen LogP contribution is 2.32. The molecule has 0 spiro atoms. The topological polar surface area (TPSA) is 12.9 Å². The third kappa shape index (κ3) is 2.24. The smallest absolute Gasteiger partial charge is 0.0724 e. The Bertz CT molecular complexity index is 880. The molecule has 0 fully saturated rings. The third-order valence-corrected chi connectivity index (χ3v) is 4.30. The molecule has 0 aliphatic rings. The van der Waals surface area contributed by atoms with Gasteiger partial charge >= 0.3 is 0 Å². The standard InChI is InChI=1S/C19H13NS/c1-2-6-14(7-3-1)17-12-19(15-10-11-21-13-15)20-18-9-5-4-8-16(17)18/h1-13H. The summed E-state index contributed by atoms with van der Waals surface area (Å²) < 4.78 is 0. The van der Waals surface area contributed by atoms with Crippen LogP contribution in [-0.4, -0.2) is 4.98 Å². The Morgan fingerprint density at radius 2 is 1.57 bits per heavy atom. The summed E-state index contributed by atoms with van der Waals surface area (Å²) in [6.45, 7) is 0. The van der Waals surface area contributed by atoms with E-state index >= 15 is 0 Å². The van der Waals surface area contributed by atoms with Crippen molar-refractivity contribution in [3.8, 4) is 22.4 Å². The van der Waals surface area contributed by atoms with Crippen LogP contribution >= 0.6 is 11.3 Å². The predicted molar refractivity (Wildman–Crippen MR) is 90.5 cm³/mol. The molecular weight excluding hydrogens is 274 g/mol. The maximum atomic E-state index is 4.81. The van der Waals surface area contributed by atoms with Gasteiger partial charge < -0.3 is 0 Å². The van der Waals surface area contributed by atoms with E-state index in [0.29, 0.717) is 0 Å². The molecular formula is C19H13NS. The molecule has 21 heavy (non-hydrogen) atoms. The molecule has 2 heterocycles. The van der Waals surface area contributed by atoms with Gasteiger partial charge in [-0.1, -0.05) is 48.5 Å². The van der Waals surface area contributed by atoms with Gasteiger partial charge in [-0.15, -0.1) is 0 Å². The number of nitrogens with zero attached hydrogens (tertiary/aromatic N) is 1. The van der Waals surface area contributed by atoms with E-state index < -0.39 is 0 Å². The quantitative estimate of drug-likeness (QED) is 0.465. The van der Waals surface area contributed by atoms with Crippen molar-refractivity contribution in [2.75, 3.05) is 0 Å². The Balaban J connectivity index is 2.04. The van der Waals surface area contributed by atoms with Crippen LogP contribution in [0.5, 0.6) is 0 Å². The number of pyridine rings is 1. The first-order valence-electron chi connectivity index (χ1n) is 6.89. The maximum Gasteiger partial charge on any atom is 0.0724 e. The molecule has 0 saturated carbocycles. The van der Waals surface area contributed by atoms with Gasteiger partial charge in [-0.2, -0.15) is 11.3 Å². The number of hydrogen-bond donors (Lipinski definition) is 0. The fourth-order valence-electron chi connectivity index (χ4n) is 2.59. The van der Waals surface area contributed by atoms with Crippen LogP contribution in [0.1, 0.15) is 0 Å². The highest BCUT2D eigenvalue weighted by molar-refractivity contribution is 7.08. The first kappa shape index (κ1) is 12.3.